The molecule has 4 heteroatoms. The summed E-state index contributed by atoms with van der Waals surface area (Å²) in [6, 6.07) is 3.09. The third kappa shape index (κ3) is 1.93. The van der Waals surface area contributed by atoms with Crippen molar-refractivity contribution in [1.29, 1.82) is 0 Å². The number of hydrogen-bond donors (Lipinski definition) is 0. The molecule has 0 aliphatic carbocycles. The molecule has 0 atom stereocenters. The summed E-state index contributed by atoms with van der Waals surface area (Å²) in [5, 5.41) is 0. The van der Waals surface area contributed by atoms with Crippen LogP contribution in [0.25, 0.3) is 0 Å². The third-order valence-electron chi connectivity index (χ3n) is 1.09. The molecule has 0 aromatic carbocycles. The number of aldehydes is 1. The van der Waals surface area contributed by atoms with Gasteiger partial charge in [-0.1, -0.05) is 0 Å². The van der Waals surface area contributed by atoms with E-state index >= 15 is 0 Å². The first-order valence-electron chi connectivity index (χ1n) is 2.96. The largest absolute Gasteiger partial charge is 0.460 e. The van der Waals surface area contributed by atoms with E-state index in [0.29, 0.717) is 18.5 Å². The van der Waals surface area contributed by atoms with Crippen LogP contribution in [-0.4, -0.2) is 12.8 Å². The topological polar surface area (TPSA) is 56.5 Å². The summed E-state index contributed by atoms with van der Waals surface area (Å²) in [7, 11) is 0. The Bertz CT molecular complexity index is 251. The monoisotopic (exact) mass is 154 g/mol. The molecule has 0 unspecified atom stereocenters. The highest BCUT2D eigenvalue weighted by Crippen LogP contribution is 2.05. The van der Waals surface area contributed by atoms with E-state index in [-0.39, 0.29) is 12.4 Å². The van der Waals surface area contributed by atoms with Crippen molar-refractivity contribution in [2.75, 3.05) is 0 Å². The first kappa shape index (κ1) is 7.53. The Kier molecular flexibility index (Phi) is 2.43. The van der Waals surface area contributed by atoms with E-state index in [1.54, 1.807) is 6.07 Å². The van der Waals surface area contributed by atoms with Gasteiger partial charge in [0.05, 0.1) is 0 Å². The second kappa shape index (κ2) is 3.55. The molecule has 0 aliphatic heterocycles. The van der Waals surface area contributed by atoms with E-state index in [4.69, 9.17) is 4.42 Å². The maximum absolute atomic E-state index is 10.1. The van der Waals surface area contributed by atoms with Crippen molar-refractivity contribution in [3.05, 3.63) is 23.7 Å². The van der Waals surface area contributed by atoms with Gasteiger partial charge in [0.2, 0.25) is 0 Å². The van der Waals surface area contributed by atoms with E-state index in [9.17, 15) is 9.59 Å². The average Bonchev–Trinajstić information content (AvgIpc) is 2.48. The van der Waals surface area contributed by atoms with Crippen LogP contribution in [0.5, 0.6) is 0 Å². The highest BCUT2D eigenvalue weighted by molar-refractivity contribution is 5.70. The molecular weight excluding hydrogens is 148 g/mol. The van der Waals surface area contributed by atoms with Crippen LogP contribution in [0.4, 0.5) is 0 Å². The van der Waals surface area contributed by atoms with E-state index in [2.05, 4.69) is 4.74 Å². The molecule has 0 fully saturated rings. The summed E-state index contributed by atoms with van der Waals surface area (Å²) in [5.74, 6) is 0.689. The zero-order valence-corrected chi connectivity index (χ0v) is 5.65. The van der Waals surface area contributed by atoms with Crippen molar-refractivity contribution in [2.24, 2.45) is 0 Å². The molecule has 1 aromatic heterocycles. The van der Waals surface area contributed by atoms with Crippen LogP contribution in [0, 0.1) is 0 Å². The Morgan fingerprint density at radius 3 is 2.82 bits per heavy atom. The van der Waals surface area contributed by atoms with Gasteiger partial charge in [0.1, 0.15) is 12.4 Å². The quantitative estimate of drug-likeness (QED) is 0.601. The minimum Gasteiger partial charge on any atom is -0.460 e. The fraction of sp³-hybridized carbons (Fsp3) is 0.143. The summed E-state index contributed by atoms with van der Waals surface area (Å²) >= 11 is 0. The minimum atomic E-state index is 0.0668. The van der Waals surface area contributed by atoms with Gasteiger partial charge >= 0.3 is 0 Å². The zero-order valence-electron chi connectivity index (χ0n) is 5.65. The SMILES string of the molecule is O=COCc1ccc(C=O)o1. The highest BCUT2D eigenvalue weighted by atomic mass is 16.5. The Labute approximate surface area is 62.8 Å². The van der Waals surface area contributed by atoms with Crippen molar-refractivity contribution >= 4 is 12.8 Å². The molecule has 0 radical (unpaired) electrons. The van der Waals surface area contributed by atoms with Gasteiger partial charge in [-0.3, -0.25) is 9.59 Å². The highest BCUT2D eigenvalue weighted by Gasteiger charge is 1.99. The van der Waals surface area contributed by atoms with Crippen molar-refractivity contribution < 1.29 is 18.7 Å². The van der Waals surface area contributed by atoms with Crippen molar-refractivity contribution in [3.8, 4) is 0 Å². The lowest BCUT2D eigenvalue weighted by molar-refractivity contribution is -0.130. The number of carbonyl (C=O) groups excluding carboxylic acids is 2. The number of ether oxygens (including phenoxy) is 1. The summed E-state index contributed by atoms with van der Waals surface area (Å²) in [6.07, 6.45) is 0.588. The maximum atomic E-state index is 10.1. The van der Waals surface area contributed by atoms with Gasteiger partial charge in [-0.25, -0.2) is 0 Å². The summed E-state index contributed by atoms with van der Waals surface area (Å²) < 4.78 is 9.27. The van der Waals surface area contributed by atoms with Crippen LogP contribution >= 0.6 is 0 Å². The van der Waals surface area contributed by atoms with Crippen LogP contribution in [0.2, 0.25) is 0 Å². The Morgan fingerprint density at radius 2 is 2.27 bits per heavy atom. The van der Waals surface area contributed by atoms with Gasteiger partial charge < -0.3 is 9.15 Å². The first-order valence-corrected chi connectivity index (χ1v) is 2.96. The van der Waals surface area contributed by atoms with Crippen molar-refractivity contribution in [1.82, 2.24) is 0 Å². The van der Waals surface area contributed by atoms with Crippen LogP contribution in [-0.2, 0) is 16.1 Å². The van der Waals surface area contributed by atoms with Crippen LogP contribution in [0.3, 0.4) is 0 Å². The van der Waals surface area contributed by atoms with E-state index < -0.39 is 0 Å². The molecule has 4 nitrogen and oxygen atoms in total. The third-order valence-corrected chi connectivity index (χ3v) is 1.09. The molecule has 0 amide bonds. The van der Waals surface area contributed by atoms with E-state index in [1.165, 1.54) is 6.07 Å². The number of hydrogen-bond acceptors (Lipinski definition) is 4. The fourth-order valence-corrected chi connectivity index (χ4v) is 0.652. The normalized spacial score (nSPS) is 9.09. The summed E-state index contributed by atoms with van der Waals surface area (Å²) in [4.78, 5) is 19.8. The molecule has 11 heavy (non-hydrogen) atoms. The van der Waals surface area contributed by atoms with Gasteiger partial charge in [0.25, 0.3) is 6.47 Å². The predicted molar refractivity (Wildman–Crippen MR) is 34.9 cm³/mol. The lowest BCUT2D eigenvalue weighted by Gasteiger charge is -1.90. The van der Waals surface area contributed by atoms with Gasteiger partial charge in [-0.15, -0.1) is 0 Å². The molecule has 0 spiro atoms. The number of carbonyl (C=O) groups is 2. The molecule has 1 heterocycles. The van der Waals surface area contributed by atoms with Gasteiger partial charge in [-0.05, 0) is 12.1 Å². The first-order chi connectivity index (χ1) is 5.36. The van der Waals surface area contributed by atoms with Crippen molar-refractivity contribution in [2.45, 2.75) is 6.61 Å². The smallest absolute Gasteiger partial charge is 0.293 e. The lowest BCUT2D eigenvalue weighted by Crippen LogP contribution is -1.86. The minimum absolute atomic E-state index is 0.0668. The number of rotatable bonds is 4. The summed E-state index contributed by atoms with van der Waals surface area (Å²) in [6.45, 7) is 0.389. The molecule has 0 aliphatic rings. The molecule has 1 aromatic rings. The van der Waals surface area contributed by atoms with E-state index in [0.717, 1.165) is 0 Å². The second-order valence-electron chi connectivity index (χ2n) is 1.83. The van der Waals surface area contributed by atoms with Gasteiger partial charge in [0.15, 0.2) is 12.0 Å². The van der Waals surface area contributed by atoms with Crippen LogP contribution < -0.4 is 0 Å². The second-order valence-corrected chi connectivity index (χ2v) is 1.83. The molecule has 0 bridgehead atoms. The standard InChI is InChI=1S/C7H6O4/c8-3-6-1-2-7(11-6)4-10-5-9/h1-3,5H,4H2. The van der Waals surface area contributed by atoms with Crippen LogP contribution in [0.15, 0.2) is 16.5 Å². The Balaban J connectivity index is 2.57. The van der Waals surface area contributed by atoms with Crippen LogP contribution in [0.1, 0.15) is 16.3 Å². The number of furan rings is 1. The lowest BCUT2D eigenvalue weighted by atomic mass is 10.4. The molecular formula is C7H6O4. The van der Waals surface area contributed by atoms with Crippen molar-refractivity contribution in [3.63, 3.8) is 0 Å². The molecule has 0 saturated heterocycles. The summed E-state index contributed by atoms with van der Waals surface area (Å²) in [5.41, 5.74) is 0. The molecule has 58 valence electrons. The predicted octanol–water partition coefficient (Wildman–Crippen LogP) is 0.765. The van der Waals surface area contributed by atoms with E-state index in [1.807, 2.05) is 0 Å². The Hall–Kier alpha value is -1.58. The van der Waals surface area contributed by atoms with Gasteiger partial charge in [0, 0.05) is 0 Å². The Morgan fingerprint density at radius 1 is 1.45 bits per heavy atom. The average molecular weight is 154 g/mol. The van der Waals surface area contributed by atoms with Gasteiger partial charge in [-0.2, -0.15) is 0 Å². The molecule has 1 rings (SSSR count). The fourth-order valence-electron chi connectivity index (χ4n) is 0.652. The molecule has 0 saturated carbocycles. The molecule has 0 N–H and O–H groups in total. The maximum Gasteiger partial charge on any atom is 0.293 e. The zero-order chi connectivity index (χ0) is 8.10.